The average Bonchev–Trinajstić information content (AvgIpc) is 2.16. The van der Waals surface area contributed by atoms with Crippen molar-refractivity contribution < 1.29 is 31.2 Å². The third-order valence-corrected chi connectivity index (χ3v) is 3.42. The van der Waals surface area contributed by atoms with Gasteiger partial charge in [0.05, 0.1) is 0 Å². The average molecular weight is 433 g/mol. The summed E-state index contributed by atoms with van der Waals surface area (Å²) in [5.74, 6) is -2.98. The molecule has 0 atom stereocenters. The van der Waals surface area contributed by atoms with Crippen LogP contribution in [0.1, 0.15) is 0 Å². The molecule has 19 heavy (non-hydrogen) atoms. The van der Waals surface area contributed by atoms with Crippen molar-refractivity contribution in [3.8, 4) is 5.75 Å². The summed E-state index contributed by atoms with van der Waals surface area (Å²) in [5, 5.41) is 10.6. The summed E-state index contributed by atoms with van der Waals surface area (Å²) >= 11 is 1.38. The van der Waals surface area contributed by atoms with E-state index >= 15 is 0 Å². The molecule has 1 aromatic rings. The van der Waals surface area contributed by atoms with E-state index in [1.54, 1.807) is 0 Å². The Morgan fingerprint density at radius 1 is 1.47 bits per heavy atom. The summed E-state index contributed by atoms with van der Waals surface area (Å²) in [6, 6.07) is 0.622. The van der Waals surface area contributed by atoms with Crippen LogP contribution in [0.4, 0.5) is 19.0 Å². The number of nitro groups is 1. The molecule has 0 saturated carbocycles. The summed E-state index contributed by atoms with van der Waals surface area (Å²) in [6.07, 6.45) is -5.34. The van der Waals surface area contributed by atoms with Gasteiger partial charge in [-0.2, -0.15) is 0 Å². The van der Waals surface area contributed by atoms with Gasteiger partial charge in [0.1, 0.15) is 4.90 Å². The Labute approximate surface area is 121 Å². The van der Waals surface area contributed by atoms with Gasteiger partial charge in [-0.3, -0.25) is 0 Å². The third kappa shape index (κ3) is 4.31. The Morgan fingerprint density at radius 3 is 2.37 bits per heavy atom. The SMILES string of the molecule is O=[N+]([O-])c1nc(I)cc(S(=O)(=O)Cl)c1OC(F)(F)F. The highest BCUT2D eigenvalue weighted by Crippen LogP contribution is 2.38. The molecule has 0 spiro atoms. The Kier molecular flexibility index (Phi) is 4.46. The monoisotopic (exact) mass is 432 g/mol. The lowest BCUT2D eigenvalue weighted by molar-refractivity contribution is -0.393. The molecule has 0 radical (unpaired) electrons. The number of nitrogens with zero attached hydrogens (tertiary/aromatic N) is 2. The summed E-state index contributed by atoms with van der Waals surface area (Å²) in [5.41, 5.74) is 0. The van der Waals surface area contributed by atoms with Crippen LogP contribution in [-0.4, -0.2) is 24.7 Å². The van der Waals surface area contributed by atoms with Gasteiger partial charge >= 0.3 is 12.2 Å². The zero-order chi connectivity index (χ0) is 15.0. The summed E-state index contributed by atoms with van der Waals surface area (Å²) in [6.45, 7) is 0. The Balaban J connectivity index is 3.67. The lowest BCUT2D eigenvalue weighted by Crippen LogP contribution is -2.20. The predicted octanol–water partition coefficient (Wildman–Crippen LogP) is 2.42. The van der Waals surface area contributed by atoms with Crippen LogP contribution >= 0.6 is 33.3 Å². The lowest BCUT2D eigenvalue weighted by Gasteiger charge is -2.11. The van der Waals surface area contributed by atoms with Gasteiger partial charge in [-0.05, 0) is 9.91 Å². The molecule has 0 aliphatic heterocycles. The molecule has 0 fully saturated rings. The molecule has 0 unspecified atom stereocenters. The van der Waals surface area contributed by atoms with Crippen LogP contribution in [0.3, 0.4) is 0 Å². The molecule has 1 rings (SSSR count). The van der Waals surface area contributed by atoms with E-state index in [1.807, 2.05) is 0 Å². The third-order valence-electron chi connectivity index (χ3n) is 1.54. The minimum absolute atomic E-state index is 0.238. The van der Waals surface area contributed by atoms with Gasteiger partial charge in [-0.25, -0.2) is 8.42 Å². The molecule has 106 valence electrons. The highest BCUT2D eigenvalue weighted by Gasteiger charge is 2.39. The maximum absolute atomic E-state index is 12.1. The van der Waals surface area contributed by atoms with Crippen molar-refractivity contribution in [1.29, 1.82) is 0 Å². The van der Waals surface area contributed by atoms with Gasteiger partial charge in [0, 0.05) is 39.3 Å². The van der Waals surface area contributed by atoms with Crippen LogP contribution in [0.5, 0.6) is 5.75 Å². The van der Waals surface area contributed by atoms with E-state index < -0.39 is 36.8 Å². The fourth-order valence-corrected chi connectivity index (χ4v) is 2.69. The second-order valence-electron chi connectivity index (χ2n) is 2.84. The number of hydrogen-bond donors (Lipinski definition) is 0. The number of halogens is 5. The molecular weight excluding hydrogens is 431 g/mol. The van der Waals surface area contributed by atoms with E-state index in [0.717, 1.165) is 0 Å². The summed E-state index contributed by atoms with van der Waals surface area (Å²) < 4.78 is 61.8. The molecule has 0 aromatic carbocycles. The van der Waals surface area contributed by atoms with Crippen molar-refractivity contribution in [3.05, 3.63) is 19.9 Å². The standard InChI is InChI=1S/C6HClF3IN2O5S/c7-19(16,17)2-1-3(11)12-5(13(14)15)4(2)18-6(8,9)10/h1H. The molecule has 0 saturated heterocycles. The van der Waals surface area contributed by atoms with E-state index in [0.29, 0.717) is 6.07 Å². The van der Waals surface area contributed by atoms with Crippen molar-refractivity contribution in [3.63, 3.8) is 0 Å². The Morgan fingerprint density at radius 2 is 2.00 bits per heavy atom. The van der Waals surface area contributed by atoms with Crippen molar-refractivity contribution in [2.24, 2.45) is 0 Å². The number of hydrogen-bond acceptors (Lipinski definition) is 6. The fourth-order valence-electron chi connectivity index (χ4n) is 0.985. The highest BCUT2D eigenvalue weighted by molar-refractivity contribution is 14.1. The zero-order valence-electron chi connectivity index (χ0n) is 8.31. The van der Waals surface area contributed by atoms with Gasteiger partial charge in [0.15, 0.2) is 0 Å². The maximum atomic E-state index is 12.1. The van der Waals surface area contributed by atoms with Gasteiger partial charge in [0.2, 0.25) is 9.45 Å². The number of pyridine rings is 1. The second-order valence-corrected chi connectivity index (χ2v) is 6.48. The van der Waals surface area contributed by atoms with Crippen LogP contribution in [-0.2, 0) is 9.05 Å². The molecular formula is C6HClF3IN2O5S. The fraction of sp³-hybridized carbons (Fsp3) is 0.167. The Hall–Kier alpha value is -0.890. The molecule has 1 aromatic heterocycles. The van der Waals surface area contributed by atoms with Gasteiger partial charge in [-0.15, -0.1) is 13.2 Å². The van der Waals surface area contributed by atoms with E-state index in [9.17, 15) is 31.7 Å². The first-order valence-corrected chi connectivity index (χ1v) is 7.36. The van der Waals surface area contributed by atoms with Crippen molar-refractivity contribution >= 4 is 48.1 Å². The van der Waals surface area contributed by atoms with Crippen molar-refractivity contribution in [2.75, 3.05) is 0 Å². The van der Waals surface area contributed by atoms with Crippen LogP contribution in [0.25, 0.3) is 0 Å². The normalized spacial score (nSPS) is 12.3. The second kappa shape index (κ2) is 5.24. The van der Waals surface area contributed by atoms with Crippen LogP contribution < -0.4 is 4.74 Å². The van der Waals surface area contributed by atoms with Gasteiger partial charge < -0.3 is 14.9 Å². The minimum atomic E-state index is -5.34. The highest BCUT2D eigenvalue weighted by atomic mass is 127. The summed E-state index contributed by atoms with van der Waals surface area (Å²) in [4.78, 5) is 11.3. The first-order valence-electron chi connectivity index (χ1n) is 3.97. The topological polar surface area (TPSA) is 99.4 Å². The number of aromatic nitrogens is 1. The first-order chi connectivity index (χ1) is 8.42. The maximum Gasteiger partial charge on any atom is 0.573 e. The molecule has 0 aliphatic carbocycles. The van der Waals surface area contributed by atoms with E-state index in [4.69, 9.17) is 10.7 Å². The van der Waals surface area contributed by atoms with Crippen molar-refractivity contribution in [2.45, 2.75) is 11.3 Å². The smallest absolute Gasteiger partial charge is 0.395 e. The number of alkyl halides is 3. The largest absolute Gasteiger partial charge is 0.573 e. The minimum Gasteiger partial charge on any atom is -0.395 e. The summed E-state index contributed by atoms with van der Waals surface area (Å²) in [7, 11) is 0.226. The van der Waals surface area contributed by atoms with Crippen LogP contribution in [0, 0.1) is 13.8 Å². The molecule has 0 bridgehead atoms. The van der Waals surface area contributed by atoms with Gasteiger partial charge in [0.25, 0.3) is 9.05 Å². The molecule has 0 N–H and O–H groups in total. The van der Waals surface area contributed by atoms with Crippen molar-refractivity contribution in [1.82, 2.24) is 4.98 Å². The van der Waals surface area contributed by atoms with E-state index in [-0.39, 0.29) is 3.70 Å². The first kappa shape index (κ1) is 16.2. The Bertz CT molecular complexity index is 634. The number of ether oxygens (including phenoxy) is 1. The molecule has 1 heterocycles. The van der Waals surface area contributed by atoms with E-state index in [1.165, 1.54) is 22.6 Å². The molecule has 7 nitrogen and oxygen atoms in total. The van der Waals surface area contributed by atoms with Crippen LogP contribution in [0.2, 0.25) is 0 Å². The van der Waals surface area contributed by atoms with Gasteiger partial charge in [-0.1, -0.05) is 0 Å². The molecule has 0 aliphatic rings. The quantitative estimate of drug-likeness (QED) is 0.239. The lowest BCUT2D eigenvalue weighted by atomic mass is 10.4. The van der Waals surface area contributed by atoms with Crippen LogP contribution in [0.15, 0.2) is 11.0 Å². The molecule has 13 heteroatoms. The molecule has 0 amide bonds. The van der Waals surface area contributed by atoms with E-state index in [2.05, 4.69) is 9.72 Å². The number of rotatable bonds is 3. The zero-order valence-corrected chi connectivity index (χ0v) is 12.0. The predicted molar refractivity (Wildman–Crippen MR) is 63.3 cm³/mol.